The number of carboxylic acid groups (broad SMARTS) is 1. The molecule has 2 amide bonds. The topological polar surface area (TPSA) is 105 Å². The highest BCUT2D eigenvalue weighted by Crippen LogP contribution is 2.44. The van der Waals surface area contributed by atoms with Crippen LogP contribution in [0.4, 0.5) is 4.79 Å². The summed E-state index contributed by atoms with van der Waals surface area (Å²) in [6.45, 7) is 1.90. The molecule has 0 bridgehead atoms. The zero-order valence-electron chi connectivity index (χ0n) is 18.0. The SMILES string of the molecule is CCC(NC(=O)OCC1c2ccccc2-c2ccccc21)C(=O)N[C@@H](CC1CC1)C(=O)O. The molecular weight excluding hydrogens is 408 g/mol. The number of ether oxygens (including phenoxy) is 1. The second-order valence-corrected chi connectivity index (χ2v) is 8.51. The molecule has 0 heterocycles. The molecule has 1 unspecified atom stereocenters. The maximum atomic E-state index is 12.6. The van der Waals surface area contributed by atoms with Crippen LogP contribution < -0.4 is 10.6 Å². The lowest BCUT2D eigenvalue weighted by atomic mass is 9.98. The Balaban J connectivity index is 1.35. The minimum atomic E-state index is -1.05. The van der Waals surface area contributed by atoms with Crippen molar-refractivity contribution >= 4 is 18.0 Å². The molecule has 168 valence electrons. The maximum Gasteiger partial charge on any atom is 0.407 e. The lowest BCUT2D eigenvalue weighted by Gasteiger charge is -2.21. The first kappa shape index (κ1) is 21.9. The molecule has 1 saturated carbocycles. The molecule has 4 rings (SSSR count). The third-order valence-electron chi connectivity index (χ3n) is 6.24. The molecule has 2 aromatic carbocycles. The van der Waals surface area contributed by atoms with E-state index in [1.165, 1.54) is 0 Å². The maximum absolute atomic E-state index is 12.6. The van der Waals surface area contributed by atoms with Crippen molar-refractivity contribution in [1.82, 2.24) is 10.6 Å². The molecular formula is C25H28N2O5. The van der Waals surface area contributed by atoms with Gasteiger partial charge in [0.25, 0.3) is 0 Å². The average molecular weight is 437 g/mol. The molecule has 0 aliphatic heterocycles. The second kappa shape index (κ2) is 9.42. The van der Waals surface area contributed by atoms with E-state index in [9.17, 15) is 19.5 Å². The summed E-state index contributed by atoms with van der Waals surface area (Å²) >= 11 is 0. The molecule has 2 atom stereocenters. The summed E-state index contributed by atoms with van der Waals surface area (Å²) in [5, 5.41) is 14.5. The molecule has 2 aromatic rings. The number of carboxylic acids is 1. The third kappa shape index (κ3) is 4.77. The van der Waals surface area contributed by atoms with E-state index in [1.54, 1.807) is 6.92 Å². The minimum absolute atomic E-state index is 0.0722. The van der Waals surface area contributed by atoms with Gasteiger partial charge in [0.1, 0.15) is 18.7 Å². The van der Waals surface area contributed by atoms with Crippen molar-refractivity contribution in [3.05, 3.63) is 59.7 Å². The largest absolute Gasteiger partial charge is 0.480 e. The Bertz CT molecular complexity index is 971. The van der Waals surface area contributed by atoms with Crippen LogP contribution >= 0.6 is 0 Å². The summed E-state index contributed by atoms with van der Waals surface area (Å²) < 4.78 is 5.50. The number of hydrogen-bond acceptors (Lipinski definition) is 4. The van der Waals surface area contributed by atoms with Gasteiger partial charge in [0.15, 0.2) is 0 Å². The fraction of sp³-hybridized carbons (Fsp3) is 0.400. The van der Waals surface area contributed by atoms with Crippen molar-refractivity contribution in [1.29, 1.82) is 0 Å². The smallest absolute Gasteiger partial charge is 0.407 e. The van der Waals surface area contributed by atoms with Gasteiger partial charge in [-0.2, -0.15) is 0 Å². The van der Waals surface area contributed by atoms with Gasteiger partial charge in [0.2, 0.25) is 5.91 Å². The van der Waals surface area contributed by atoms with Crippen molar-refractivity contribution in [3.63, 3.8) is 0 Å². The number of carbonyl (C=O) groups is 3. The summed E-state index contributed by atoms with van der Waals surface area (Å²) in [6.07, 6.45) is 2.04. The zero-order valence-corrected chi connectivity index (χ0v) is 18.0. The van der Waals surface area contributed by atoms with Crippen LogP contribution in [-0.4, -0.2) is 41.8 Å². The fourth-order valence-electron chi connectivity index (χ4n) is 4.32. The standard InChI is InChI=1S/C25H28N2O5/c1-2-21(23(28)26-22(24(29)30)13-15-11-12-15)27-25(31)32-14-20-18-9-5-3-7-16(18)17-8-4-6-10-19(17)20/h3-10,15,20-22H,2,11-14H2,1H3,(H,26,28)(H,27,31)(H,29,30)/t21?,22-/m0/s1. The van der Waals surface area contributed by atoms with Gasteiger partial charge in [-0.25, -0.2) is 9.59 Å². The van der Waals surface area contributed by atoms with Crippen molar-refractivity contribution < 1.29 is 24.2 Å². The first-order valence-corrected chi connectivity index (χ1v) is 11.1. The molecule has 2 aliphatic rings. The third-order valence-corrected chi connectivity index (χ3v) is 6.24. The summed E-state index contributed by atoms with van der Waals surface area (Å²) in [5.41, 5.74) is 4.49. The second-order valence-electron chi connectivity index (χ2n) is 8.51. The number of rotatable bonds is 9. The summed E-state index contributed by atoms with van der Waals surface area (Å²) in [5.74, 6) is -1.28. The van der Waals surface area contributed by atoms with Crippen LogP contribution in [0.3, 0.4) is 0 Å². The quantitative estimate of drug-likeness (QED) is 0.556. The van der Waals surface area contributed by atoms with Gasteiger partial charge < -0.3 is 20.5 Å². The minimum Gasteiger partial charge on any atom is -0.480 e. The number of benzene rings is 2. The van der Waals surface area contributed by atoms with Gasteiger partial charge >= 0.3 is 12.1 Å². The van der Waals surface area contributed by atoms with Crippen LogP contribution in [0.1, 0.15) is 49.7 Å². The summed E-state index contributed by atoms with van der Waals surface area (Å²) in [4.78, 5) is 36.5. The van der Waals surface area contributed by atoms with E-state index in [0.29, 0.717) is 18.8 Å². The van der Waals surface area contributed by atoms with E-state index >= 15 is 0 Å². The molecule has 7 nitrogen and oxygen atoms in total. The number of fused-ring (bicyclic) bond motifs is 3. The van der Waals surface area contributed by atoms with Crippen molar-refractivity contribution in [2.75, 3.05) is 6.61 Å². The monoisotopic (exact) mass is 436 g/mol. The Hall–Kier alpha value is -3.35. The molecule has 0 aromatic heterocycles. The Morgan fingerprint density at radius 3 is 2.09 bits per heavy atom. The van der Waals surface area contributed by atoms with Gasteiger partial charge in [-0.15, -0.1) is 0 Å². The summed E-state index contributed by atoms with van der Waals surface area (Å²) in [6, 6.07) is 14.3. The molecule has 3 N–H and O–H groups in total. The number of amides is 2. The van der Waals surface area contributed by atoms with Crippen LogP contribution in [0.25, 0.3) is 11.1 Å². The highest BCUT2D eigenvalue weighted by Gasteiger charge is 2.33. The van der Waals surface area contributed by atoms with Crippen molar-refractivity contribution in [2.45, 2.75) is 50.6 Å². The van der Waals surface area contributed by atoms with E-state index in [1.807, 2.05) is 36.4 Å². The average Bonchev–Trinajstić information content (AvgIpc) is 3.56. The molecule has 1 fully saturated rings. The van der Waals surface area contributed by atoms with Crippen LogP contribution in [0, 0.1) is 5.92 Å². The van der Waals surface area contributed by atoms with E-state index < -0.39 is 30.1 Å². The van der Waals surface area contributed by atoms with Gasteiger partial charge in [-0.3, -0.25) is 4.79 Å². The lowest BCUT2D eigenvalue weighted by molar-refractivity contribution is -0.142. The molecule has 32 heavy (non-hydrogen) atoms. The highest BCUT2D eigenvalue weighted by molar-refractivity contribution is 5.89. The van der Waals surface area contributed by atoms with Crippen LogP contribution in [0.5, 0.6) is 0 Å². The van der Waals surface area contributed by atoms with E-state index in [4.69, 9.17) is 4.74 Å². The number of alkyl carbamates (subject to hydrolysis) is 1. The van der Waals surface area contributed by atoms with Crippen LogP contribution in [-0.2, 0) is 14.3 Å². The Morgan fingerprint density at radius 1 is 0.969 bits per heavy atom. The Labute approximate surface area is 187 Å². The lowest BCUT2D eigenvalue weighted by Crippen LogP contribution is -2.51. The molecule has 7 heteroatoms. The van der Waals surface area contributed by atoms with Crippen LogP contribution in [0.15, 0.2) is 48.5 Å². The molecule has 0 saturated heterocycles. The Morgan fingerprint density at radius 2 is 1.56 bits per heavy atom. The predicted molar refractivity (Wildman–Crippen MR) is 119 cm³/mol. The Kier molecular flexibility index (Phi) is 6.44. The van der Waals surface area contributed by atoms with E-state index in [0.717, 1.165) is 35.1 Å². The first-order chi connectivity index (χ1) is 15.5. The van der Waals surface area contributed by atoms with E-state index in [-0.39, 0.29) is 12.5 Å². The highest BCUT2D eigenvalue weighted by atomic mass is 16.5. The summed E-state index contributed by atoms with van der Waals surface area (Å²) in [7, 11) is 0. The van der Waals surface area contributed by atoms with E-state index in [2.05, 4.69) is 22.8 Å². The van der Waals surface area contributed by atoms with Crippen LogP contribution in [0.2, 0.25) is 0 Å². The van der Waals surface area contributed by atoms with Gasteiger partial charge in [-0.05, 0) is 41.0 Å². The van der Waals surface area contributed by atoms with Crippen molar-refractivity contribution in [2.24, 2.45) is 5.92 Å². The number of hydrogen-bond donors (Lipinski definition) is 3. The zero-order chi connectivity index (χ0) is 22.7. The number of aliphatic carboxylic acids is 1. The van der Waals surface area contributed by atoms with Crippen molar-refractivity contribution in [3.8, 4) is 11.1 Å². The van der Waals surface area contributed by atoms with Gasteiger partial charge in [0.05, 0.1) is 0 Å². The molecule has 0 spiro atoms. The normalized spacial score (nSPS) is 16.4. The number of carbonyl (C=O) groups excluding carboxylic acids is 2. The fourth-order valence-corrected chi connectivity index (χ4v) is 4.32. The molecule has 0 radical (unpaired) electrons. The molecule has 2 aliphatic carbocycles. The van der Waals surface area contributed by atoms with Gasteiger partial charge in [-0.1, -0.05) is 68.3 Å². The first-order valence-electron chi connectivity index (χ1n) is 11.1. The number of nitrogens with one attached hydrogen (secondary N) is 2. The predicted octanol–water partition coefficient (Wildman–Crippen LogP) is 3.67. The van der Waals surface area contributed by atoms with Gasteiger partial charge in [0, 0.05) is 5.92 Å².